The number of aliphatic imine (C=N–C) groups is 1. The summed E-state index contributed by atoms with van der Waals surface area (Å²) in [4.78, 5) is 13.6. The van der Waals surface area contributed by atoms with E-state index in [4.69, 9.17) is 4.74 Å². The first kappa shape index (κ1) is 22.4. The lowest BCUT2D eigenvalue weighted by Gasteiger charge is -2.42. The molecule has 8 heteroatoms. The number of piperidine rings is 1. The minimum Gasteiger partial charge on any atom is -0.378 e. The number of rotatable bonds is 4. The Morgan fingerprint density at radius 3 is 2.85 bits per heavy atom. The van der Waals surface area contributed by atoms with E-state index in [1.807, 2.05) is 19.6 Å². The summed E-state index contributed by atoms with van der Waals surface area (Å²) in [7, 11) is 1.88. The summed E-state index contributed by atoms with van der Waals surface area (Å²) in [6.45, 7) is 13.4. The van der Waals surface area contributed by atoms with Crippen molar-refractivity contribution in [2.24, 2.45) is 10.9 Å². The molecule has 154 valence electrons. The molecule has 0 radical (unpaired) electrons. The number of hydrogen-bond acceptors (Lipinski definition) is 4. The van der Waals surface area contributed by atoms with Crippen LogP contribution in [0.4, 0.5) is 0 Å². The summed E-state index contributed by atoms with van der Waals surface area (Å²) in [5.74, 6) is 1.65. The normalized spacial score (nSPS) is 26.5. The van der Waals surface area contributed by atoms with E-state index in [9.17, 15) is 0 Å². The highest BCUT2D eigenvalue weighted by atomic mass is 127. The van der Waals surface area contributed by atoms with Crippen LogP contribution >= 0.6 is 24.0 Å². The molecule has 2 aliphatic heterocycles. The van der Waals surface area contributed by atoms with Crippen molar-refractivity contribution < 1.29 is 4.74 Å². The maximum absolute atomic E-state index is 5.61. The first-order valence-corrected chi connectivity index (χ1v) is 9.77. The van der Waals surface area contributed by atoms with Gasteiger partial charge in [0.2, 0.25) is 0 Å². The van der Waals surface area contributed by atoms with Crippen molar-refractivity contribution in [2.45, 2.75) is 38.8 Å². The minimum absolute atomic E-state index is 0. The number of nitrogens with zero attached hydrogens (tertiary/aromatic N) is 5. The molecule has 0 bridgehead atoms. The van der Waals surface area contributed by atoms with Gasteiger partial charge >= 0.3 is 0 Å². The van der Waals surface area contributed by atoms with Crippen molar-refractivity contribution in [3.8, 4) is 0 Å². The molecule has 27 heavy (non-hydrogen) atoms. The summed E-state index contributed by atoms with van der Waals surface area (Å²) < 4.78 is 7.85. The summed E-state index contributed by atoms with van der Waals surface area (Å²) in [5.41, 5.74) is 0.108. The van der Waals surface area contributed by atoms with Gasteiger partial charge in [-0.1, -0.05) is 6.92 Å². The van der Waals surface area contributed by atoms with Crippen molar-refractivity contribution in [2.75, 3.05) is 53.0 Å². The zero-order valence-electron chi connectivity index (χ0n) is 17.1. The van der Waals surface area contributed by atoms with Gasteiger partial charge in [-0.3, -0.25) is 9.89 Å². The van der Waals surface area contributed by atoms with Gasteiger partial charge in [-0.05, 0) is 26.2 Å². The van der Waals surface area contributed by atoms with Crippen LogP contribution in [0.5, 0.6) is 0 Å². The zero-order valence-corrected chi connectivity index (χ0v) is 19.4. The van der Waals surface area contributed by atoms with Crippen LogP contribution in [0.15, 0.2) is 23.7 Å². The van der Waals surface area contributed by atoms with E-state index in [-0.39, 0.29) is 29.5 Å². The molecule has 1 aromatic rings. The number of guanidine groups is 1. The summed E-state index contributed by atoms with van der Waals surface area (Å²) >= 11 is 0. The number of ether oxygens (including phenoxy) is 1. The van der Waals surface area contributed by atoms with Gasteiger partial charge in [0.15, 0.2) is 5.96 Å². The Kier molecular flexibility index (Phi) is 8.36. The van der Waals surface area contributed by atoms with Gasteiger partial charge in [-0.15, -0.1) is 24.0 Å². The first-order valence-electron chi connectivity index (χ1n) is 9.77. The summed E-state index contributed by atoms with van der Waals surface area (Å²) in [5, 5.41) is 3.57. The third-order valence-electron chi connectivity index (χ3n) is 5.82. The van der Waals surface area contributed by atoms with Crippen LogP contribution in [-0.4, -0.2) is 83.8 Å². The number of hydrogen-bond donors (Lipinski definition) is 1. The molecular weight excluding hydrogens is 455 g/mol. The summed E-state index contributed by atoms with van der Waals surface area (Å²) in [6.07, 6.45) is 7.03. The van der Waals surface area contributed by atoms with E-state index in [1.165, 1.54) is 6.42 Å². The molecule has 0 spiro atoms. The number of aromatic nitrogens is 2. The van der Waals surface area contributed by atoms with Crippen LogP contribution in [0, 0.1) is 5.92 Å². The fourth-order valence-corrected chi connectivity index (χ4v) is 4.04. The molecule has 1 aromatic heterocycles. The lowest BCUT2D eigenvalue weighted by atomic mass is 9.93. The van der Waals surface area contributed by atoms with Gasteiger partial charge < -0.3 is 19.5 Å². The van der Waals surface area contributed by atoms with Crippen LogP contribution < -0.4 is 5.32 Å². The average Bonchev–Trinajstić information content (AvgIpc) is 3.15. The highest BCUT2D eigenvalue weighted by molar-refractivity contribution is 14.0. The second-order valence-corrected chi connectivity index (χ2v) is 8.12. The van der Waals surface area contributed by atoms with E-state index in [2.05, 4.69) is 56.6 Å². The Morgan fingerprint density at radius 1 is 1.37 bits per heavy atom. The Morgan fingerprint density at radius 2 is 2.19 bits per heavy atom. The number of halogens is 1. The van der Waals surface area contributed by atoms with E-state index < -0.39 is 0 Å². The van der Waals surface area contributed by atoms with E-state index >= 15 is 0 Å². The van der Waals surface area contributed by atoms with Gasteiger partial charge in [-0.25, -0.2) is 4.98 Å². The average molecular weight is 490 g/mol. The quantitative estimate of drug-likeness (QED) is 0.398. The Bertz CT molecular complexity index is 591. The smallest absolute Gasteiger partial charge is 0.193 e. The third-order valence-corrected chi connectivity index (χ3v) is 5.82. The zero-order chi connectivity index (χ0) is 18.6. The molecule has 3 rings (SSSR count). The molecule has 3 heterocycles. The standard InChI is InChI=1S/C19H34N6O.HI/c1-16-5-8-23(13-17(16)24-9-6-21-15-24)18(20-4)22-7-10-25-11-12-26-14-19(25,2)3;/h6,9,15-17H,5,7-8,10-14H2,1-4H3,(H,20,22);1H. The number of imidazole rings is 1. The fourth-order valence-electron chi connectivity index (χ4n) is 4.04. The SMILES string of the molecule is CN=C(NCCN1CCOCC1(C)C)N1CCC(C)C(n2ccnc2)C1.I. The molecule has 2 aliphatic rings. The molecule has 0 aromatic carbocycles. The van der Waals surface area contributed by atoms with Crippen molar-refractivity contribution in [3.63, 3.8) is 0 Å². The molecule has 0 amide bonds. The largest absolute Gasteiger partial charge is 0.378 e. The predicted octanol–water partition coefficient (Wildman–Crippen LogP) is 2.07. The van der Waals surface area contributed by atoms with Gasteiger partial charge in [-0.2, -0.15) is 0 Å². The molecule has 1 N–H and O–H groups in total. The maximum Gasteiger partial charge on any atom is 0.193 e. The van der Waals surface area contributed by atoms with E-state index in [1.54, 1.807) is 0 Å². The Labute approximate surface area is 180 Å². The van der Waals surface area contributed by atoms with Gasteiger partial charge in [0.05, 0.1) is 25.6 Å². The van der Waals surface area contributed by atoms with Gasteiger partial charge in [0, 0.05) is 57.7 Å². The van der Waals surface area contributed by atoms with Crippen molar-refractivity contribution >= 4 is 29.9 Å². The molecule has 2 unspecified atom stereocenters. The third kappa shape index (κ3) is 5.57. The maximum atomic E-state index is 5.61. The van der Waals surface area contributed by atoms with Crippen LogP contribution in [0.2, 0.25) is 0 Å². The molecule has 0 aliphatic carbocycles. The Balaban J connectivity index is 0.00000261. The van der Waals surface area contributed by atoms with Gasteiger partial charge in [0.1, 0.15) is 0 Å². The number of likely N-dealkylation sites (tertiary alicyclic amines) is 1. The van der Waals surface area contributed by atoms with Gasteiger partial charge in [0.25, 0.3) is 0 Å². The number of morpholine rings is 1. The second-order valence-electron chi connectivity index (χ2n) is 8.12. The number of nitrogens with one attached hydrogen (secondary N) is 1. The molecule has 2 saturated heterocycles. The molecule has 7 nitrogen and oxygen atoms in total. The fraction of sp³-hybridized carbons (Fsp3) is 0.789. The van der Waals surface area contributed by atoms with E-state index in [0.29, 0.717) is 12.0 Å². The lowest BCUT2D eigenvalue weighted by molar-refractivity contribution is -0.0497. The highest BCUT2D eigenvalue weighted by Crippen LogP contribution is 2.27. The van der Waals surface area contributed by atoms with Crippen molar-refractivity contribution in [3.05, 3.63) is 18.7 Å². The van der Waals surface area contributed by atoms with Crippen molar-refractivity contribution in [1.82, 2.24) is 24.7 Å². The molecular formula is C19H35IN6O. The highest BCUT2D eigenvalue weighted by Gasteiger charge is 2.31. The monoisotopic (exact) mass is 490 g/mol. The van der Waals surface area contributed by atoms with Crippen LogP contribution in [0.3, 0.4) is 0 Å². The first-order chi connectivity index (χ1) is 12.5. The van der Waals surface area contributed by atoms with E-state index in [0.717, 1.165) is 51.9 Å². The van der Waals surface area contributed by atoms with Crippen LogP contribution in [0.25, 0.3) is 0 Å². The lowest BCUT2D eigenvalue weighted by Crippen LogP contribution is -2.56. The summed E-state index contributed by atoms with van der Waals surface area (Å²) in [6, 6.07) is 0.447. The van der Waals surface area contributed by atoms with Crippen LogP contribution in [0.1, 0.15) is 33.2 Å². The molecule has 2 fully saturated rings. The predicted molar refractivity (Wildman–Crippen MR) is 120 cm³/mol. The van der Waals surface area contributed by atoms with Crippen molar-refractivity contribution in [1.29, 1.82) is 0 Å². The molecule has 2 atom stereocenters. The Hall–Kier alpha value is -0.870. The molecule has 0 saturated carbocycles. The second kappa shape index (κ2) is 10.1. The topological polar surface area (TPSA) is 57.9 Å². The van der Waals surface area contributed by atoms with Crippen LogP contribution in [-0.2, 0) is 4.74 Å². The minimum atomic E-state index is 0.